The van der Waals surface area contributed by atoms with Gasteiger partial charge in [-0.15, -0.1) is 0 Å². The van der Waals surface area contributed by atoms with Crippen molar-refractivity contribution in [3.05, 3.63) is 70.8 Å². The van der Waals surface area contributed by atoms with Crippen LogP contribution in [0.2, 0.25) is 0 Å². The van der Waals surface area contributed by atoms with Crippen LogP contribution in [0.3, 0.4) is 0 Å². The third-order valence-electron chi connectivity index (χ3n) is 4.74. The summed E-state index contributed by atoms with van der Waals surface area (Å²) >= 11 is 0. The molecular formula is C21H22F2NO. The first-order valence-electron chi connectivity index (χ1n) is 8.78. The lowest BCUT2D eigenvalue weighted by Crippen LogP contribution is -2.04. The van der Waals surface area contributed by atoms with Gasteiger partial charge in [0, 0.05) is 16.7 Å². The van der Waals surface area contributed by atoms with Crippen molar-refractivity contribution in [1.82, 2.24) is 0 Å². The number of halogens is 2. The van der Waals surface area contributed by atoms with Gasteiger partial charge in [-0.05, 0) is 24.3 Å². The first-order valence-corrected chi connectivity index (χ1v) is 8.78. The van der Waals surface area contributed by atoms with E-state index in [1.807, 2.05) is 12.1 Å². The lowest BCUT2D eigenvalue weighted by molar-refractivity contribution is 0.120. The van der Waals surface area contributed by atoms with Crippen LogP contribution in [-0.4, -0.2) is 6.21 Å². The van der Waals surface area contributed by atoms with Gasteiger partial charge in [0.05, 0.1) is 0 Å². The molecule has 0 N–H and O–H groups in total. The summed E-state index contributed by atoms with van der Waals surface area (Å²) in [5.41, 5.74) is 2.61. The van der Waals surface area contributed by atoms with Gasteiger partial charge in [0.1, 0.15) is 12.8 Å². The molecule has 3 rings (SSSR count). The van der Waals surface area contributed by atoms with Crippen LogP contribution < -0.4 is 0 Å². The molecule has 2 aromatic rings. The van der Waals surface area contributed by atoms with Crippen molar-refractivity contribution in [2.45, 2.75) is 51.1 Å². The molecule has 131 valence electrons. The van der Waals surface area contributed by atoms with E-state index in [4.69, 9.17) is 4.84 Å². The van der Waals surface area contributed by atoms with Crippen LogP contribution in [0.4, 0.5) is 8.78 Å². The summed E-state index contributed by atoms with van der Waals surface area (Å²) < 4.78 is 25.8. The van der Waals surface area contributed by atoms with Gasteiger partial charge in [0.2, 0.25) is 0 Å². The van der Waals surface area contributed by atoms with Gasteiger partial charge >= 0.3 is 0 Å². The molecule has 1 radical (unpaired) electrons. The second kappa shape index (κ2) is 8.75. The van der Waals surface area contributed by atoms with E-state index in [1.165, 1.54) is 43.7 Å². The number of benzene rings is 2. The Labute approximate surface area is 147 Å². The van der Waals surface area contributed by atoms with Crippen LogP contribution in [0.1, 0.15) is 66.7 Å². The number of nitrogens with zero attached hydrogens (tertiary/aromatic N) is 1. The molecule has 0 spiro atoms. The van der Waals surface area contributed by atoms with Crippen molar-refractivity contribution in [1.29, 1.82) is 0 Å². The molecule has 25 heavy (non-hydrogen) atoms. The molecule has 2 nitrogen and oxygen atoms in total. The Hall–Kier alpha value is -2.23. The van der Waals surface area contributed by atoms with Crippen molar-refractivity contribution < 1.29 is 13.6 Å². The zero-order valence-electron chi connectivity index (χ0n) is 14.1. The molecule has 1 fully saturated rings. The standard InChI is InChI=1S/C21H22F2NO/c22-21(23)20-9-5-4-8-19(20)15-25-24-14-16-10-12-18(13-11-16)17-6-2-1-3-7-17/h4-5,8-13,17,21H,1-3,6-7,15H2. The highest BCUT2D eigenvalue weighted by atomic mass is 19.3. The molecule has 0 aromatic heterocycles. The summed E-state index contributed by atoms with van der Waals surface area (Å²) in [6.45, 7) is 0.00761. The molecular weight excluding hydrogens is 320 g/mol. The summed E-state index contributed by atoms with van der Waals surface area (Å²) in [6, 6.07) is 14.5. The lowest BCUT2D eigenvalue weighted by atomic mass is 9.84. The van der Waals surface area contributed by atoms with Crippen molar-refractivity contribution in [2.75, 3.05) is 0 Å². The summed E-state index contributed by atoms with van der Waals surface area (Å²) in [5, 5.41) is 3.78. The normalized spacial score (nSPS) is 15.8. The molecule has 0 bridgehead atoms. The second-order valence-electron chi connectivity index (χ2n) is 6.43. The Bertz CT molecular complexity index is 691. The first-order chi connectivity index (χ1) is 12.2. The Morgan fingerprint density at radius 2 is 1.72 bits per heavy atom. The van der Waals surface area contributed by atoms with Crippen LogP contribution in [0.5, 0.6) is 0 Å². The maximum Gasteiger partial charge on any atom is 0.264 e. The largest absolute Gasteiger partial charge is 0.390 e. The van der Waals surface area contributed by atoms with Crippen molar-refractivity contribution in [3.63, 3.8) is 0 Å². The molecule has 0 aliphatic heterocycles. The summed E-state index contributed by atoms with van der Waals surface area (Å²) in [4.78, 5) is 5.14. The van der Waals surface area contributed by atoms with Gasteiger partial charge in [0.25, 0.3) is 6.43 Å². The predicted molar refractivity (Wildman–Crippen MR) is 95.0 cm³/mol. The van der Waals surface area contributed by atoms with Gasteiger partial charge in [-0.3, -0.25) is 0 Å². The summed E-state index contributed by atoms with van der Waals surface area (Å²) in [5.74, 6) is 0.668. The average Bonchev–Trinajstić information content (AvgIpc) is 2.66. The zero-order valence-corrected chi connectivity index (χ0v) is 14.1. The highest BCUT2D eigenvalue weighted by Gasteiger charge is 2.15. The number of alkyl halides is 2. The van der Waals surface area contributed by atoms with E-state index >= 15 is 0 Å². The van der Waals surface area contributed by atoms with Gasteiger partial charge in [-0.25, -0.2) is 8.78 Å². The summed E-state index contributed by atoms with van der Waals surface area (Å²) in [7, 11) is 0. The minimum absolute atomic E-state index is 0.00761. The molecule has 0 unspecified atom stereocenters. The molecule has 4 heteroatoms. The maximum absolute atomic E-state index is 12.9. The summed E-state index contributed by atoms with van der Waals surface area (Å²) in [6.07, 6.45) is 6.81. The monoisotopic (exact) mass is 342 g/mol. The fourth-order valence-electron chi connectivity index (χ4n) is 3.33. The number of hydrogen-bond donors (Lipinski definition) is 0. The lowest BCUT2D eigenvalue weighted by Gasteiger charge is -2.21. The predicted octanol–water partition coefficient (Wildman–Crippen LogP) is 6.10. The van der Waals surface area contributed by atoms with Crippen molar-refractivity contribution in [3.8, 4) is 0 Å². The molecule has 2 aromatic carbocycles. The van der Waals surface area contributed by atoms with E-state index in [-0.39, 0.29) is 12.2 Å². The first kappa shape index (κ1) is 17.6. The zero-order chi connectivity index (χ0) is 17.5. The third kappa shape index (κ3) is 4.88. The van der Waals surface area contributed by atoms with Crippen LogP contribution in [-0.2, 0) is 11.4 Å². The average molecular weight is 342 g/mol. The Kier molecular flexibility index (Phi) is 6.15. The third-order valence-corrected chi connectivity index (χ3v) is 4.74. The van der Waals surface area contributed by atoms with E-state index in [2.05, 4.69) is 23.5 Å². The fraction of sp³-hybridized carbons (Fsp3) is 0.381. The number of rotatable bonds is 6. The Balaban J connectivity index is 1.54. The van der Waals surface area contributed by atoms with Gasteiger partial charge < -0.3 is 4.84 Å². The molecule has 0 amide bonds. The molecule has 0 atom stereocenters. The molecule has 1 saturated carbocycles. The van der Waals surface area contributed by atoms with Gasteiger partial charge in [-0.2, -0.15) is 0 Å². The fourth-order valence-corrected chi connectivity index (χ4v) is 3.33. The highest BCUT2D eigenvalue weighted by molar-refractivity contribution is 5.79. The van der Waals surface area contributed by atoms with E-state index in [9.17, 15) is 8.78 Å². The second-order valence-corrected chi connectivity index (χ2v) is 6.43. The van der Waals surface area contributed by atoms with E-state index < -0.39 is 6.43 Å². The smallest absolute Gasteiger partial charge is 0.264 e. The van der Waals surface area contributed by atoms with E-state index in [0.717, 1.165) is 5.56 Å². The number of hydrogen-bond acceptors (Lipinski definition) is 2. The molecule has 0 saturated heterocycles. The maximum atomic E-state index is 12.9. The topological polar surface area (TPSA) is 21.6 Å². The quantitative estimate of drug-likeness (QED) is 0.459. The molecule has 0 heterocycles. The Morgan fingerprint density at radius 3 is 2.44 bits per heavy atom. The van der Waals surface area contributed by atoms with Crippen LogP contribution in [0.25, 0.3) is 0 Å². The Morgan fingerprint density at radius 1 is 1.00 bits per heavy atom. The van der Waals surface area contributed by atoms with Gasteiger partial charge in [0.15, 0.2) is 0 Å². The highest BCUT2D eigenvalue weighted by Crippen LogP contribution is 2.32. The minimum atomic E-state index is -2.51. The minimum Gasteiger partial charge on any atom is -0.390 e. The molecule has 1 aliphatic carbocycles. The molecule has 1 aliphatic rings. The SMILES string of the molecule is FC(F)c1ccccc1CO/N=[C]\c1ccc(C2CCCCC2)cc1. The van der Waals surface area contributed by atoms with Crippen molar-refractivity contribution in [2.24, 2.45) is 5.16 Å². The van der Waals surface area contributed by atoms with Crippen molar-refractivity contribution >= 4 is 6.21 Å². The van der Waals surface area contributed by atoms with E-state index in [1.54, 1.807) is 18.2 Å². The van der Waals surface area contributed by atoms with Crippen LogP contribution >= 0.6 is 0 Å². The van der Waals surface area contributed by atoms with Gasteiger partial charge in [-0.1, -0.05) is 72.9 Å². The van der Waals surface area contributed by atoms with Crippen LogP contribution in [0, 0.1) is 0 Å². The van der Waals surface area contributed by atoms with Crippen LogP contribution in [0.15, 0.2) is 53.7 Å². The van der Waals surface area contributed by atoms with E-state index in [0.29, 0.717) is 11.5 Å².